The van der Waals surface area contributed by atoms with Crippen LogP contribution in [0.2, 0.25) is 0 Å². The first-order valence-corrected chi connectivity index (χ1v) is 7.01. The smallest absolute Gasteiger partial charge is 0.149 e. The molecule has 0 aromatic carbocycles. The molecule has 2 rings (SSSR count). The zero-order valence-electron chi connectivity index (χ0n) is 11.8. The molecule has 1 aliphatic heterocycles. The van der Waals surface area contributed by atoms with Gasteiger partial charge in [0.15, 0.2) is 0 Å². The van der Waals surface area contributed by atoms with E-state index in [9.17, 15) is 0 Å². The molecule has 0 saturated carbocycles. The van der Waals surface area contributed by atoms with Crippen LogP contribution in [0.1, 0.15) is 38.6 Å². The van der Waals surface area contributed by atoms with Gasteiger partial charge in [0.25, 0.3) is 0 Å². The highest BCUT2D eigenvalue weighted by atomic mass is 15.3. The van der Waals surface area contributed by atoms with E-state index in [-0.39, 0.29) is 0 Å². The molecule has 0 aliphatic carbocycles. The van der Waals surface area contributed by atoms with Crippen molar-refractivity contribution in [3.05, 3.63) is 12.2 Å². The molecule has 1 aromatic heterocycles. The van der Waals surface area contributed by atoms with E-state index in [0.717, 1.165) is 24.8 Å². The number of likely N-dealkylation sites (tertiary alicyclic amines) is 1. The summed E-state index contributed by atoms with van der Waals surface area (Å²) in [5.74, 6) is 1.85. The lowest BCUT2D eigenvalue weighted by Gasteiger charge is -2.23. The molecule has 18 heavy (non-hydrogen) atoms. The molecule has 5 heteroatoms. The summed E-state index contributed by atoms with van der Waals surface area (Å²) in [5, 5.41) is 11.7. The summed E-state index contributed by atoms with van der Waals surface area (Å²) in [6.45, 7) is 9.07. The van der Waals surface area contributed by atoms with E-state index < -0.39 is 0 Å². The van der Waals surface area contributed by atoms with Crippen molar-refractivity contribution in [2.75, 3.05) is 26.2 Å². The van der Waals surface area contributed by atoms with E-state index in [0.29, 0.717) is 6.04 Å². The molecule has 2 unspecified atom stereocenters. The Bertz CT molecular complexity index is 362. The summed E-state index contributed by atoms with van der Waals surface area (Å²) < 4.78 is 2.02. The summed E-state index contributed by atoms with van der Waals surface area (Å²) in [6.07, 6.45) is 4.28. The highest BCUT2D eigenvalue weighted by molar-refractivity contribution is 4.95. The van der Waals surface area contributed by atoms with E-state index in [2.05, 4.69) is 34.3 Å². The molecule has 1 fully saturated rings. The van der Waals surface area contributed by atoms with Crippen molar-refractivity contribution in [3.63, 3.8) is 0 Å². The highest BCUT2D eigenvalue weighted by Gasteiger charge is 2.28. The van der Waals surface area contributed by atoms with E-state index in [1.54, 1.807) is 6.33 Å². The lowest BCUT2D eigenvalue weighted by atomic mass is 10.1. The molecule has 0 bridgehead atoms. The van der Waals surface area contributed by atoms with Crippen molar-refractivity contribution in [3.8, 4) is 0 Å². The van der Waals surface area contributed by atoms with Crippen LogP contribution in [0, 0.1) is 5.92 Å². The number of aryl methyl sites for hydroxylation is 1. The lowest BCUT2D eigenvalue weighted by Crippen LogP contribution is -2.29. The average Bonchev–Trinajstić information content (AvgIpc) is 2.98. The number of aromatic nitrogens is 3. The van der Waals surface area contributed by atoms with Gasteiger partial charge in [-0.05, 0) is 45.3 Å². The summed E-state index contributed by atoms with van der Waals surface area (Å²) in [7, 11) is 2.02. The number of rotatable bonds is 6. The fourth-order valence-electron chi connectivity index (χ4n) is 2.70. The Balaban J connectivity index is 1.83. The summed E-state index contributed by atoms with van der Waals surface area (Å²) >= 11 is 0. The minimum atomic E-state index is 0.369. The van der Waals surface area contributed by atoms with Crippen molar-refractivity contribution >= 4 is 0 Å². The molecule has 1 aromatic rings. The fraction of sp³-hybridized carbons (Fsp3) is 0.846. The van der Waals surface area contributed by atoms with Crippen LogP contribution in [-0.4, -0.2) is 45.8 Å². The SMILES string of the molecule is CCCNCC1CCN(C(C)c2nncn2C)C1. The van der Waals surface area contributed by atoms with Gasteiger partial charge in [0.2, 0.25) is 0 Å². The zero-order valence-corrected chi connectivity index (χ0v) is 11.8. The second-order valence-corrected chi connectivity index (χ2v) is 5.33. The predicted octanol–water partition coefficient (Wildman–Crippen LogP) is 1.20. The van der Waals surface area contributed by atoms with Crippen LogP contribution in [0.5, 0.6) is 0 Å². The van der Waals surface area contributed by atoms with Gasteiger partial charge in [-0.2, -0.15) is 0 Å². The number of nitrogens with zero attached hydrogens (tertiary/aromatic N) is 4. The topological polar surface area (TPSA) is 46.0 Å². The Hall–Kier alpha value is -0.940. The molecule has 2 atom stereocenters. The highest BCUT2D eigenvalue weighted by Crippen LogP contribution is 2.25. The molecule has 102 valence electrons. The van der Waals surface area contributed by atoms with Crippen LogP contribution in [0.3, 0.4) is 0 Å². The van der Waals surface area contributed by atoms with Gasteiger partial charge in [-0.25, -0.2) is 0 Å². The quantitative estimate of drug-likeness (QED) is 0.772. The second-order valence-electron chi connectivity index (χ2n) is 5.33. The molecular formula is C13H25N5. The van der Waals surface area contributed by atoms with E-state index in [1.807, 2.05) is 11.6 Å². The van der Waals surface area contributed by atoms with Crippen molar-refractivity contribution in [1.82, 2.24) is 25.0 Å². The maximum absolute atomic E-state index is 4.22. The monoisotopic (exact) mass is 251 g/mol. The molecule has 0 spiro atoms. The number of nitrogens with one attached hydrogen (secondary N) is 1. The van der Waals surface area contributed by atoms with Crippen molar-refractivity contribution in [2.24, 2.45) is 13.0 Å². The lowest BCUT2D eigenvalue weighted by molar-refractivity contribution is 0.239. The normalized spacial score (nSPS) is 22.5. The molecular weight excluding hydrogens is 226 g/mol. The Labute approximate surface area is 110 Å². The first kappa shape index (κ1) is 13.5. The minimum Gasteiger partial charge on any atom is -0.319 e. The van der Waals surface area contributed by atoms with Crippen LogP contribution < -0.4 is 5.32 Å². The van der Waals surface area contributed by atoms with Gasteiger partial charge in [0.1, 0.15) is 12.2 Å². The number of hydrogen-bond donors (Lipinski definition) is 1. The van der Waals surface area contributed by atoms with Crippen LogP contribution in [0.4, 0.5) is 0 Å². The van der Waals surface area contributed by atoms with Crippen molar-refractivity contribution in [2.45, 2.75) is 32.7 Å². The van der Waals surface area contributed by atoms with Gasteiger partial charge in [0, 0.05) is 13.6 Å². The average molecular weight is 251 g/mol. The Morgan fingerprint density at radius 2 is 2.39 bits per heavy atom. The third-order valence-electron chi connectivity index (χ3n) is 3.84. The zero-order chi connectivity index (χ0) is 13.0. The van der Waals surface area contributed by atoms with Gasteiger partial charge in [-0.3, -0.25) is 4.90 Å². The van der Waals surface area contributed by atoms with E-state index >= 15 is 0 Å². The van der Waals surface area contributed by atoms with Gasteiger partial charge in [0.05, 0.1) is 6.04 Å². The largest absolute Gasteiger partial charge is 0.319 e. The third-order valence-corrected chi connectivity index (χ3v) is 3.84. The van der Waals surface area contributed by atoms with Crippen LogP contribution in [0.15, 0.2) is 6.33 Å². The molecule has 1 N–H and O–H groups in total. The first-order valence-electron chi connectivity index (χ1n) is 7.01. The Morgan fingerprint density at radius 3 is 3.06 bits per heavy atom. The molecule has 0 amide bonds. The van der Waals surface area contributed by atoms with Gasteiger partial charge in [-0.1, -0.05) is 6.92 Å². The van der Waals surface area contributed by atoms with Gasteiger partial charge < -0.3 is 9.88 Å². The maximum atomic E-state index is 4.22. The summed E-state index contributed by atoms with van der Waals surface area (Å²) in [4.78, 5) is 2.52. The van der Waals surface area contributed by atoms with Gasteiger partial charge >= 0.3 is 0 Å². The standard InChI is InChI=1S/C13H25N5/c1-4-6-14-8-12-5-7-18(9-12)11(2)13-16-15-10-17(13)3/h10-12,14H,4-9H2,1-3H3. The van der Waals surface area contributed by atoms with E-state index in [4.69, 9.17) is 0 Å². The van der Waals surface area contributed by atoms with Crippen LogP contribution in [-0.2, 0) is 7.05 Å². The van der Waals surface area contributed by atoms with E-state index in [1.165, 1.54) is 25.9 Å². The summed E-state index contributed by atoms with van der Waals surface area (Å²) in [5.41, 5.74) is 0. The fourth-order valence-corrected chi connectivity index (χ4v) is 2.70. The molecule has 5 nitrogen and oxygen atoms in total. The Morgan fingerprint density at radius 1 is 1.56 bits per heavy atom. The molecule has 1 saturated heterocycles. The maximum Gasteiger partial charge on any atom is 0.149 e. The van der Waals surface area contributed by atoms with Crippen LogP contribution >= 0.6 is 0 Å². The van der Waals surface area contributed by atoms with Crippen LogP contribution in [0.25, 0.3) is 0 Å². The van der Waals surface area contributed by atoms with Crippen molar-refractivity contribution < 1.29 is 0 Å². The van der Waals surface area contributed by atoms with Crippen molar-refractivity contribution in [1.29, 1.82) is 0 Å². The minimum absolute atomic E-state index is 0.369. The Kier molecular flexibility index (Phi) is 4.72. The second kappa shape index (κ2) is 6.29. The summed E-state index contributed by atoms with van der Waals surface area (Å²) in [6, 6.07) is 0.369. The van der Waals surface area contributed by atoms with Gasteiger partial charge in [-0.15, -0.1) is 10.2 Å². The molecule has 2 heterocycles. The number of hydrogen-bond acceptors (Lipinski definition) is 4. The first-order chi connectivity index (χ1) is 8.72. The predicted molar refractivity (Wildman–Crippen MR) is 72.3 cm³/mol. The third kappa shape index (κ3) is 3.09. The molecule has 1 aliphatic rings. The molecule has 0 radical (unpaired) electrons.